The lowest BCUT2D eigenvalue weighted by atomic mass is 10.3. The molecule has 0 aliphatic rings. The van der Waals surface area contributed by atoms with E-state index in [0.29, 0.717) is 11.6 Å². The quantitative estimate of drug-likeness (QED) is 0.523. The lowest BCUT2D eigenvalue weighted by molar-refractivity contribution is -0.111. The van der Waals surface area contributed by atoms with Gasteiger partial charge in [-0.05, 0) is 25.1 Å². The molecule has 6 heteroatoms. The monoisotopic (exact) mass is 264 g/mol. The van der Waals surface area contributed by atoms with Crippen molar-refractivity contribution in [2.75, 3.05) is 6.61 Å². The summed E-state index contributed by atoms with van der Waals surface area (Å²) in [5, 5.41) is 12.2. The maximum absolute atomic E-state index is 11.3. The van der Waals surface area contributed by atoms with Crippen LogP contribution in [0.25, 0.3) is 10.2 Å². The van der Waals surface area contributed by atoms with Crippen molar-refractivity contribution in [3.8, 4) is 5.75 Å². The fourth-order valence-electron chi connectivity index (χ4n) is 1.53. The van der Waals surface area contributed by atoms with Gasteiger partial charge in [-0.2, -0.15) is 0 Å². The second-order valence-electron chi connectivity index (χ2n) is 3.59. The fourth-order valence-corrected chi connectivity index (χ4v) is 2.55. The van der Waals surface area contributed by atoms with Crippen molar-refractivity contribution in [2.45, 2.75) is 13.8 Å². The molecule has 1 aromatic heterocycles. The Bertz CT molecular complexity index is 619. The molecule has 0 aliphatic heterocycles. The molecular weight excluding hydrogens is 252 g/mol. The molecule has 0 saturated carbocycles. The molecule has 0 amide bonds. The van der Waals surface area contributed by atoms with Crippen LogP contribution in [0.2, 0.25) is 0 Å². The van der Waals surface area contributed by atoms with E-state index < -0.39 is 0 Å². The summed E-state index contributed by atoms with van der Waals surface area (Å²) in [4.78, 5) is 15.5. The summed E-state index contributed by atoms with van der Waals surface area (Å²) >= 11 is 1.30. The average molecular weight is 264 g/mol. The largest absolute Gasteiger partial charge is 0.494 e. The zero-order valence-corrected chi connectivity index (χ0v) is 10.8. The molecule has 0 atom stereocenters. The lowest BCUT2D eigenvalue weighted by Gasteiger charge is -2.00. The van der Waals surface area contributed by atoms with Crippen LogP contribution in [0.15, 0.2) is 23.4 Å². The maximum atomic E-state index is 11.3. The maximum Gasteiger partial charge on any atom is 0.184 e. The first-order chi connectivity index (χ1) is 8.65. The van der Waals surface area contributed by atoms with E-state index >= 15 is 0 Å². The molecule has 0 spiro atoms. The minimum atomic E-state index is -0.318. The summed E-state index contributed by atoms with van der Waals surface area (Å²) in [6.45, 7) is 3.84. The fraction of sp³-hybridized carbons (Fsp3) is 0.250. The molecule has 0 saturated heterocycles. The molecule has 94 valence electrons. The number of hydrogen-bond acceptors (Lipinski definition) is 6. The topological polar surface area (TPSA) is 71.8 Å². The molecule has 0 unspecified atom stereocenters. The Balaban J connectivity index is 2.47. The van der Waals surface area contributed by atoms with E-state index in [4.69, 9.17) is 9.94 Å². The van der Waals surface area contributed by atoms with E-state index in [1.54, 1.807) is 0 Å². The van der Waals surface area contributed by atoms with Crippen LogP contribution in [0.3, 0.4) is 0 Å². The number of ether oxygens (including phenoxy) is 1. The molecular formula is C12H12N2O3S. The first-order valence-electron chi connectivity index (χ1n) is 5.42. The van der Waals surface area contributed by atoms with Crippen molar-refractivity contribution in [2.24, 2.45) is 5.16 Å². The van der Waals surface area contributed by atoms with E-state index in [-0.39, 0.29) is 11.5 Å². The molecule has 0 fully saturated rings. The summed E-state index contributed by atoms with van der Waals surface area (Å²) in [5.74, 6) is 0.437. The van der Waals surface area contributed by atoms with Crippen LogP contribution in [0, 0.1) is 0 Å². The van der Waals surface area contributed by atoms with Crippen molar-refractivity contribution in [1.29, 1.82) is 0 Å². The molecule has 0 radical (unpaired) electrons. The van der Waals surface area contributed by atoms with Crippen molar-refractivity contribution >= 4 is 33.0 Å². The molecule has 2 aromatic rings. The first kappa shape index (κ1) is 12.5. The van der Waals surface area contributed by atoms with E-state index in [9.17, 15) is 4.79 Å². The number of hydrogen-bond donors (Lipinski definition) is 1. The summed E-state index contributed by atoms with van der Waals surface area (Å²) in [5.41, 5.74) is 0.731. The third-order valence-electron chi connectivity index (χ3n) is 2.31. The highest BCUT2D eigenvalue weighted by Gasteiger charge is 2.15. The number of thiazole rings is 1. The Kier molecular flexibility index (Phi) is 3.57. The van der Waals surface area contributed by atoms with Gasteiger partial charge < -0.3 is 9.94 Å². The number of carbonyl (C=O) groups excluding carboxylic acids is 1. The Morgan fingerprint density at radius 2 is 2.33 bits per heavy atom. The number of benzene rings is 1. The third-order valence-corrected chi connectivity index (χ3v) is 3.33. The van der Waals surface area contributed by atoms with Gasteiger partial charge in [-0.25, -0.2) is 4.98 Å². The van der Waals surface area contributed by atoms with Crippen molar-refractivity contribution in [3.63, 3.8) is 0 Å². The number of fused-ring (bicyclic) bond motifs is 1. The number of rotatable bonds is 4. The normalized spacial score (nSPS) is 11.8. The zero-order chi connectivity index (χ0) is 13.1. The van der Waals surface area contributed by atoms with Gasteiger partial charge in [0.2, 0.25) is 0 Å². The van der Waals surface area contributed by atoms with Crippen LogP contribution >= 0.6 is 11.3 Å². The third kappa shape index (κ3) is 2.33. The highest BCUT2D eigenvalue weighted by Crippen LogP contribution is 2.27. The Morgan fingerprint density at radius 3 is 2.94 bits per heavy atom. The molecule has 1 N–H and O–H groups in total. The van der Waals surface area contributed by atoms with Crippen LogP contribution in [0.5, 0.6) is 5.75 Å². The van der Waals surface area contributed by atoms with Gasteiger partial charge >= 0.3 is 0 Å². The number of carbonyl (C=O) groups is 1. The van der Waals surface area contributed by atoms with E-state index in [1.165, 1.54) is 18.3 Å². The van der Waals surface area contributed by atoms with Crippen LogP contribution < -0.4 is 4.74 Å². The van der Waals surface area contributed by atoms with Crippen LogP contribution in [0.1, 0.15) is 18.9 Å². The van der Waals surface area contributed by atoms with Gasteiger partial charge in [-0.15, -0.1) is 11.3 Å². The minimum Gasteiger partial charge on any atom is -0.494 e. The van der Waals surface area contributed by atoms with Gasteiger partial charge in [-0.1, -0.05) is 5.16 Å². The Morgan fingerprint density at radius 1 is 1.56 bits per heavy atom. The van der Waals surface area contributed by atoms with E-state index in [0.717, 1.165) is 16.0 Å². The lowest BCUT2D eigenvalue weighted by Crippen LogP contribution is -2.10. The van der Waals surface area contributed by atoms with E-state index in [2.05, 4.69) is 10.1 Å². The summed E-state index contributed by atoms with van der Waals surface area (Å²) < 4.78 is 6.28. The van der Waals surface area contributed by atoms with Gasteiger partial charge in [-0.3, -0.25) is 4.79 Å². The summed E-state index contributed by atoms with van der Waals surface area (Å²) in [6.07, 6.45) is 0. The highest BCUT2D eigenvalue weighted by molar-refractivity contribution is 7.21. The Labute approximate surface area is 108 Å². The minimum absolute atomic E-state index is 0.0193. The molecule has 18 heavy (non-hydrogen) atoms. The van der Waals surface area contributed by atoms with Crippen molar-refractivity contribution in [1.82, 2.24) is 4.98 Å². The second kappa shape index (κ2) is 5.14. The average Bonchev–Trinajstić information content (AvgIpc) is 2.72. The highest BCUT2D eigenvalue weighted by atomic mass is 32.1. The first-order valence-corrected chi connectivity index (χ1v) is 6.24. The molecule has 1 aromatic carbocycles. The van der Waals surface area contributed by atoms with Gasteiger partial charge in [0.05, 0.1) is 16.8 Å². The molecule has 1 heterocycles. The van der Waals surface area contributed by atoms with Crippen LogP contribution in [0.4, 0.5) is 0 Å². The van der Waals surface area contributed by atoms with Crippen LogP contribution in [-0.2, 0) is 4.79 Å². The second-order valence-corrected chi connectivity index (χ2v) is 4.62. The number of oxime groups is 1. The predicted octanol–water partition coefficient (Wildman–Crippen LogP) is 2.46. The number of Topliss-reactive ketones (excluding diaryl/α,β-unsaturated/α-hetero) is 1. The van der Waals surface area contributed by atoms with Crippen molar-refractivity contribution < 1.29 is 14.7 Å². The number of aromatic nitrogens is 1. The summed E-state index contributed by atoms with van der Waals surface area (Å²) in [6, 6.07) is 5.49. The number of nitrogens with zero attached hydrogens (tertiary/aromatic N) is 2. The number of ketones is 1. The van der Waals surface area contributed by atoms with Gasteiger partial charge in [0.25, 0.3) is 0 Å². The van der Waals surface area contributed by atoms with Crippen molar-refractivity contribution in [3.05, 3.63) is 23.2 Å². The molecule has 0 bridgehead atoms. The molecule has 0 aliphatic carbocycles. The van der Waals surface area contributed by atoms with Gasteiger partial charge in [0, 0.05) is 6.92 Å². The van der Waals surface area contributed by atoms with Crippen LogP contribution in [-0.4, -0.2) is 28.3 Å². The van der Waals surface area contributed by atoms with E-state index in [1.807, 2.05) is 25.1 Å². The smallest absolute Gasteiger partial charge is 0.184 e. The van der Waals surface area contributed by atoms with Gasteiger partial charge in [0.15, 0.2) is 11.5 Å². The zero-order valence-electron chi connectivity index (χ0n) is 10.0. The standard InChI is InChI=1S/C12H12N2O3S/c1-3-17-8-4-5-9-10(6-8)18-12(13-9)11(14-16)7(2)15/h4-6,16H,3H2,1-2H3. The molecule has 2 rings (SSSR count). The predicted molar refractivity (Wildman–Crippen MR) is 69.8 cm³/mol. The SMILES string of the molecule is CCOc1ccc2nc(C(=NO)C(C)=O)sc2c1. The summed E-state index contributed by atoms with van der Waals surface area (Å²) in [7, 11) is 0. The van der Waals surface area contributed by atoms with Gasteiger partial charge in [0.1, 0.15) is 10.8 Å². The Hall–Kier alpha value is -1.95. The molecule has 5 nitrogen and oxygen atoms in total.